The first kappa shape index (κ1) is 15.6. The highest BCUT2D eigenvalue weighted by Crippen LogP contribution is 2.07. The van der Waals surface area contributed by atoms with E-state index in [1.807, 2.05) is 19.1 Å². The Balaban J connectivity index is 2.60. The molecular formula is C15H21ClN2O. The van der Waals surface area contributed by atoms with Crippen LogP contribution in [0.1, 0.15) is 31.9 Å². The van der Waals surface area contributed by atoms with Gasteiger partial charge in [0.15, 0.2) is 0 Å². The number of aryl methyl sites for hydroxylation is 1. The van der Waals surface area contributed by atoms with Gasteiger partial charge in [-0.25, -0.2) is 0 Å². The van der Waals surface area contributed by atoms with Gasteiger partial charge in [-0.15, -0.1) is 0 Å². The quantitative estimate of drug-likeness (QED) is 0.787. The van der Waals surface area contributed by atoms with Crippen LogP contribution in [0.3, 0.4) is 0 Å². The Labute approximate surface area is 120 Å². The molecule has 0 aliphatic heterocycles. The zero-order valence-electron chi connectivity index (χ0n) is 11.7. The van der Waals surface area contributed by atoms with Gasteiger partial charge < -0.3 is 10.6 Å². The number of hydrogen-bond donors (Lipinski definition) is 2. The Bertz CT molecular complexity index is 448. The van der Waals surface area contributed by atoms with E-state index in [4.69, 9.17) is 11.6 Å². The summed E-state index contributed by atoms with van der Waals surface area (Å²) in [7, 11) is 0. The summed E-state index contributed by atoms with van der Waals surface area (Å²) in [6.07, 6.45) is 1.02. The number of hydrogen-bond acceptors (Lipinski definition) is 2. The molecule has 1 rings (SSSR count). The van der Waals surface area contributed by atoms with E-state index in [-0.39, 0.29) is 5.91 Å². The molecule has 0 aliphatic rings. The maximum absolute atomic E-state index is 12.0. The van der Waals surface area contributed by atoms with E-state index in [2.05, 4.69) is 29.7 Å². The highest BCUT2D eigenvalue weighted by molar-refractivity contribution is 6.31. The van der Waals surface area contributed by atoms with Crippen LogP contribution < -0.4 is 10.6 Å². The zero-order valence-corrected chi connectivity index (χ0v) is 12.5. The highest BCUT2D eigenvalue weighted by Gasteiger charge is 2.10. The summed E-state index contributed by atoms with van der Waals surface area (Å²) in [6, 6.07) is 8.22. The molecule has 19 heavy (non-hydrogen) atoms. The fourth-order valence-electron chi connectivity index (χ4n) is 1.70. The third-order valence-electron chi connectivity index (χ3n) is 2.81. The van der Waals surface area contributed by atoms with Gasteiger partial charge in [0.25, 0.3) is 5.91 Å². The van der Waals surface area contributed by atoms with E-state index in [1.165, 1.54) is 5.56 Å². The van der Waals surface area contributed by atoms with Crippen molar-refractivity contribution < 1.29 is 4.79 Å². The summed E-state index contributed by atoms with van der Waals surface area (Å²) in [5, 5.41) is 6.30. The predicted molar refractivity (Wildman–Crippen MR) is 79.9 cm³/mol. The number of carbonyl (C=O) groups is 1. The first-order chi connectivity index (χ1) is 9.08. The van der Waals surface area contributed by atoms with Crippen molar-refractivity contribution in [1.29, 1.82) is 0 Å². The van der Waals surface area contributed by atoms with Crippen molar-refractivity contribution in [1.82, 2.24) is 10.6 Å². The molecule has 2 N–H and O–H groups in total. The molecule has 0 spiro atoms. The summed E-state index contributed by atoms with van der Waals surface area (Å²) in [4.78, 5) is 12.0. The summed E-state index contributed by atoms with van der Waals surface area (Å²) in [5.74, 6) is -0.172. The van der Waals surface area contributed by atoms with Gasteiger partial charge >= 0.3 is 0 Å². The molecular weight excluding hydrogens is 260 g/mol. The maximum Gasteiger partial charge on any atom is 0.268 e. The monoisotopic (exact) mass is 280 g/mol. The summed E-state index contributed by atoms with van der Waals surface area (Å²) in [5.41, 5.74) is 2.81. The first-order valence-electron chi connectivity index (χ1n) is 6.54. The van der Waals surface area contributed by atoms with Gasteiger partial charge in [-0.3, -0.25) is 4.79 Å². The van der Waals surface area contributed by atoms with Crippen LogP contribution in [-0.4, -0.2) is 12.5 Å². The van der Waals surface area contributed by atoms with Crippen LogP contribution in [0.15, 0.2) is 35.0 Å². The molecule has 4 heteroatoms. The molecule has 1 aromatic rings. The first-order valence-corrected chi connectivity index (χ1v) is 6.92. The van der Waals surface area contributed by atoms with Crippen molar-refractivity contribution in [3.05, 3.63) is 46.1 Å². The molecule has 0 aliphatic carbocycles. The van der Waals surface area contributed by atoms with Crippen LogP contribution >= 0.6 is 11.6 Å². The van der Waals surface area contributed by atoms with E-state index in [0.29, 0.717) is 23.8 Å². The predicted octanol–water partition coefficient (Wildman–Crippen LogP) is 2.95. The lowest BCUT2D eigenvalue weighted by molar-refractivity contribution is -0.118. The molecule has 1 amide bonds. The van der Waals surface area contributed by atoms with Gasteiger partial charge in [0.1, 0.15) is 5.70 Å². The molecule has 0 heterocycles. The molecule has 3 nitrogen and oxygen atoms in total. The van der Waals surface area contributed by atoms with E-state index < -0.39 is 0 Å². The average molecular weight is 281 g/mol. The molecule has 104 valence electrons. The minimum Gasteiger partial charge on any atom is -0.380 e. The molecule has 0 radical (unpaired) electrons. The molecule has 0 aromatic heterocycles. The van der Waals surface area contributed by atoms with Crippen molar-refractivity contribution in [3.63, 3.8) is 0 Å². The average Bonchev–Trinajstić information content (AvgIpc) is 2.42. The van der Waals surface area contributed by atoms with Gasteiger partial charge in [0, 0.05) is 18.1 Å². The van der Waals surface area contributed by atoms with E-state index in [0.717, 1.165) is 12.0 Å². The lowest BCUT2D eigenvalue weighted by atomic mass is 10.1. The number of benzene rings is 1. The minimum absolute atomic E-state index is 0.172. The van der Waals surface area contributed by atoms with Gasteiger partial charge in [0.05, 0.1) is 0 Å². The lowest BCUT2D eigenvalue weighted by Crippen LogP contribution is -2.32. The minimum atomic E-state index is -0.172. The number of carbonyl (C=O) groups excluding carboxylic acids is 1. The fourth-order valence-corrected chi connectivity index (χ4v) is 1.85. The Morgan fingerprint density at radius 2 is 1.68 bits per heavy atom. The zero-order chi connectivity index (χ0) is 14.3. The summed E-state index contributed by atoms with van der Waals surface area (Å²) in [6.45, 7) is 6.92. The molecule has 0 atom stereocenters. The number of amides is 1. The van der Waals surface area contributed by atoms with Gasteiger partial charge in [0.2, 0.25) is 0 Å². The van der Waals surface area contributed by atoms with Gasteiger partial charge in [-0.05, 0) is 31.4 Å². The second-order valence-electron chi connectivity index (χ2n) is 4.29. The van der Waals surface area contributed by atoms with Crippen LogP contribution in [0, 0.1) is 0 Å². The molecule has 1 aromatic carbocycles. The second kappa shape index (κ2) is 7.85. The number of nitrogens with one attached hydrogen (secondary N) is 2. The van der Waals surface area contributed by atoms with E-state index in [1.54, 1.807) is 6.92 Å². The fraction of sp³-hybridized carbons (Fsp3) is 0.400. The second-order valence-corrected chi connectivity index (χ2v) is 4.86. The molecule has 0 unspecified atom stereocenters. The molecule has 0 fully saturated rings. The number of likely N-dealkylation sites (N-methyl/N-ethyl adjacent to an activating group) is 1. The Hall–Kier alpha value is -1.48. The van der Waals surface area contributed by atoms with Crippen molar-refractivity contribution in [2.75, 3.05) is 6.54 Å². The van der Waals surface area contributed by atoms with Crippen molar-refractivity contribution in [2.24, 2.45) is 0 Å². The van der Waals surface area contributed by atoms with Crippen LogP contribution in [0.4, 0.5) is 0 Å². The topological polar surface area (TPSA) is 41.1 Å². The molecule has 0 saturated carbocycles. The van der Waals surface area contributed by atoms with Crippen molar-refractivity contribution in [2.45, 2.75) is 33.7 Å². The van der Waals surface area contributed by atoms with Gasteiger partial charge in [-0.2, -0.15) is 0 Å². The van der Waals surface area contributed by atoms with Gasteiger partial charge in [-0.1, -0.05) is 42.8 Å². The van der Waals surface area contributed by atoms with E-state index >= 15 is 0 Å². The molecule has 0 bridgehead atoms. The third-order valence-corrected chi connectivity index (χ3v) is 3.00. The standard InChI is InChI=1S/C15H21ClN2O/c1-4-12-6-8-13(9-7-12)10-18-15(19)14(11(3)16)17-5-2/h6-9,17H,4-5,10H2,1-3H3,(H,18,19)/b14-11+. The lowest BCUT2D eigenvalue weighted by Gasteiger charge is -2.11. The normalized spacial score (nSPS) is 11.8. The number of allylic oxidation sites excluding steroid dienone is 1. The Morgan fingerprint density at radius 1 is 1.11 bits per heavy atom. The maximum atomic E-state index is 12.0. The smallest absolute Gasteiger partial charge is 0.268 e. The van der Waals surface area contributed by atoms with Crippen LogP contribution in [-0.2, 0) is 17.8 Å². The Kier molecular flexibility index (Phi) is 6.43. The third kappa shape index (κ3) is 4.95. The molecule has 0 saturated heterocycles. The Morgan fingerprint density at radius 3 is 2.16 bits per heavy atom. The largest absolute Gasteiger partial charge is 0.380 e. The summed E-state index contributed by atoms with van der Waals surface area (Å²) < 4.78 is 0. The van der Waals surface area contributed by atoms with Crippen LogP contribution in [0.5, 0.6) is 0 Å². The number of rotatable bonds is 6. The van der Waals surface area contributed by atoms with Crippen molar-refractivity contribution in [3.8, 4) is 0 Å². The highest BCUT2D eigenvalue weighted by atomic mass is 35.5. The van der Waals surface area contributed by atoms with E-state index in [9.17, 15) is 4.79 Å². The summed E-state index contributed by atoms with van der Waals surface area (Å²) >= 11 is 5.90. The van der Waals surface area contributed by atoms with Crippen LogP contribution in [0.2, 0.25) is 0 Å². The number of halogens is 1. The SMILES string of the molecule is CCN/C(C(=O)NCc1ccc(CC)cc1)=C(\C)Cl. The van der Waals surface area contributed by atoms with Crippen molar-refractivity contribution >= 4 is 17.5 Å². The van der Waals surface area contributed by atoms with Crippen LogP contribution in [0.25, 0.3) is 0 Å².